The van der Waals surface area contributed by atoms with Crippen LogP contribution in [-0.4, -0.2) is 56.8 Å². The van der Waals surface area contributed by atoms with Crippen LogP contribution in [0, 0.1) is 0 Å². The fraction of sp³-hybridized carbons (Fsp3) is 0.625. The summed E-state index contributed by atoms with van der Waals surface area (Å²) in [6.45, 7) is 6.69. The summed E-state index contributed by atoms with van der Waals surface area (Å²) in [7, 11) is 3.40. The van der Waals surface area contributed by atoms with Crippen molar-refractivity contribution in [2.24, 2.45) is 0 Å². The van der Waals surface area contributed by atoms with Crippen molar-refractivity contribution in [3.8, 4) is 11.5 Å². The summed E-state index contributed by atoms with van der Waals surface area (Å²) in [6.07, 6.45) is 0. The van der Waals surface area contributed by atoms with Crippen molar-refractivity contribution < 1.29 is 9.47 Å². The van der Waals surface area contributed by atoms with Crippen molar-refractivity contribution in [2.75, 3.05) is 51.9 Å². The number of nitrogens with zero attached hydrogens (tertiary/aromatic N) is 1. The standard InChI is InChI=1S/C16H26N2O2S/c1-13(17-6-7-18-8-10-21-11-9-18)15-12-14(19-2)4-5-16(15)20-3/h4-5,12-13,17H,6-11H2,1-3H3. The lowest BCUT2D eigenvalue weighted by molar-refractivity contribution is 0.296. The Bertz CT molecular complexity index is 436. The van der Waals surface area contributed by atoms with E-state index in [1.165, 1.54) is 24.6 Å². The first-order valence-corrected chi connectivity index (χ1v) is 8.65. The molecule has 1 aliphatic rings. The number of benzene rings is 1. The van der Waals surface area contributed by atoms with E-state index in [9.17, 15) is 0 Å². The fourth-order valence-corrected chi connectivity index (χ4v) is 3.53. The molecule has 1 atom stereocenters. The van der Waals surface area contributed by atoms with Gasteiger partial charge in [-0.15, -0.1) is 0 Å². The van der Waals surface area contributed by atoms with Crippen molar-refractivity contribution in [1.82, 2.24) is 10.2 Å². The minimum atomic E-state index is 0.245. The summed E-state index contributed by atoms with van der Waals surface area (Å²) in [6, 6.07) is 6.19. The molecule has 0 spiro atoms. The van der Waals surface area contributed by atoms with Crippen LogP contribution in [0.5, 0.6) is 11.5 Å². The van der Waals surface area contributed by atoms with Crippen molar-refractivity contribution in [3.05, 3.63) is 23.8 Å². The van der Waals surface area contributed by atoms with Crippen LogP contribution >= 0.6 is 11.8 Å². The maximum Gasteiger partial charge on any atom is 0.123 e. The molecular weight excluding hydrogens is 284 g/mol. The third-order valence-electron chi connectivity index (χ3n) is 3.89. The van der Waals surface area contributed by atoms with Gasteiger partial charge in [0.05, 0.1) is 14.2 Å². The molecule has 1 fully saturated rings. The van der Waals surface area contributed by atoms with Crippen molar-refractivity contribution in [3.63, 3.8) is 0 Å². The van der Waals surface area contributed by atoms with Gasteiger partial charge in [0.25, 0.3) is 0 Å². The molecule has 0 amide bonds. The predicted molar refractivity (Wildman–Crippen MR) is 89.7 cm³/mol. The SMILES string of the molecule is COc1ccc(OC)c(C(C)NCCN2CCSCC2)c1. The first kappa shape index (κ1) is 16.5. The first-order valence-electron chi connectivity index (χ1n) is 7.50. The van der Waals surface area contributed by atoms with E-state index in [2.05, 4.69) is 28.9 Å². The molecule has 5 heteroatoms. The van der Waals surface area contributed by atoms with Crippen molar-refractivity contribution >= 4 is 11.8 Å². The lowest BCUT2D eigenvalue weighted by Crippen LogP contribution is -2.38. The zero-order chi connectivity index (χ0) is 15.1. The highest BCUT2D eigenvalue weighted by Gasteiger charge is 2.14. The quantitative estimate of drug-likeness (QED) is 0.836. The second kappa shape index (κ2) is 8.51. The molecular formula is C16H26N2O2S. The molecule has 0 aromatic heterocycles. The van der Waals surface area contributed by atoms with Gasteiger partial charge in [-0.1, -0.05) is 0 Å². The monoisotopic (exact) mass is 310 g/mol. The largest absolute Gasteiger partial charge is 0.497 e. The number of nitrogens with one attached hydrogen (secondary N) is 1. The Kier molecular flexibility index (Phi) is 6.67. The Morgan fingerprint density at radius 3 is 2.67 bits per heavy atom. The summed E-state index contributed by atoms with van der Waals surface area (Å²) in [5.74, 6) is 4.30. The van der Waals surface area contributed by atoms with E-state index in [1.54, 1.807) is 14.2 Å². The Morgan fingerprint density at radius 1 is 1.24 bits per heavy atom. The molecule has 0 radical (unpaired) electrons. The number of methoxy groups -OCH3 is 2. The smallest absolute Gasteiger partial charge is 0.123 e. The van der Waals surface area contributed by atoms with Crippen LogP contribution in [-0.2, 0) is 0 Å². The minimum Gasteiger partial charge on any atom is -0.497 e. The first-order chi connectivity index (χ1) is 10.2. The molecule has 0 saturated carbocycles. The van der Waals surface area contributed by atoms with E-state index >= 15 is 0 Å². The van der Waals surface area contributed by atoms with Gasteiger partial charge in [0.1, 0.15) is 11.5 Å². The van der Waals surface area contributed by atoms with E-state index < -0.39 is 0 Å². The van der Waals surface area contributed by atoms with Crippen LogP contribution in [0.4, 0.5) is 0 Å². The molecule has 0 bridgehead atoms. The normalized spacial score (nSPS) is 17.5. The Labute approximate surface area is 132 Å². The van der Waals surface area contributed by atoms with Crippen LogP contribution in [0.2, 0.25) is 0 Å². The Hall–Kier alpha value is -0.910. The molecule has 1 saturated heterocycles. The number of rotatable bonds is 7. The molecule has 21 heavy (non-hydrogen) atoms. The van der Waals surface area contributed by atoms with Gasteiger partial charge < -0.3 is 19.7 Å². The summed E-state index contributed by atoms with van der Waals surface area (Å²) in [5, 5.41) is 3.59. The highest BCUT2D eigenvalue weighted by Crippen LogP contribution is 2.29. The van der Waals surface area contributed by atoms with Crippen LogP contribution < -0.4 is 14.8 Å². The maximum atomic E-state index is 5.45. The molecule has 0 aliphatic carbocycles. The number of ether oxygens (including phenoxy) is 2. The average molecular weight is 310 g/mol. The van der Waals surface area contributed by atoms with Gasteiger partial charge in [-0.3, -0.25) is 0 Å². The van der Waals surface area contributed by atoms with Crippen LogP contribution in [0.25, 0.3) is 0 Å². The minimum absolute atomic E-state index is 0.245. The number of hydrogen-bond acceptors (Lipinski definition) is 5. The van der Waals surface area contributed by atoms with Gasteiger partial charge in [0.15, 0.2) is 0 Å². The summed E-state index contributed by atoms with van der Waals surface area (Å²) >= 11 is 2.05. The van der Waals surface area contributed by atoms with E-state index in [-0.39, 0.29) is 6.04 Å². The number of hydrogen-bond donors (Lipinski definition) is 1. The van der Waals surface area contributed by atoms with Crippen molar-refractivity contribution in [2.45, 2.75) is 13.0 Å². The molecule has 1 aromatic rings. The van der Waals surface area contributed by atoms with Gasteiger partial charge in [-0.05, 0) is 25.1 Å². The molecule has 1 heterocycles. The molecule has 1 N–H and O–H groups in total. The van der Waals surface area contributed by atoms with Gasteiger partial charge in [0.2, 0.25) is 0 Å². The second-order valence-electron chi connectivity index (χ2n) is 5.24. The lowest BCUT2D eigenvalue weighted by atomic mass is 10.1. The van der Waals surface area contributed by atoms with Gasteiger partial charge >= 0.3 is 0 Å². The summed E-state index contributed by atoms with van der Waals surface area (Å²) < 4.78 is 10.8. The van der Waals surface area contributed by atoms with Crippen LogP contribution in [0.1, 0.15) is 18.5 Å². The van der Waals surface area contributed by atoms with Crippen LogP contribution in [0.15, 0.2) is 18.2 Å². The van der Waals surface area contributed by atoms with E-state index in [4.69, 9.17) is 9.47 Å². The topological polar surface area (TPSA) is 33.7 Å². The maximum absolute atomic E-state index is 5.45. The van der Waals surface area contributed by atoms with Gasteiger partial charge in [0, 0.05) is 49.3 Å². The van der Waals surface area contributed by atoms with E-state index in [0.717, 1.165) is 30.2 Å². The van der Waals surface area contributed by atoms with E-state index in [1.807, 2.05) is 18.2 Å². The highest BCUT2D eigenvalue weighted by molar-refractivity contribution is 7.99. The van der Waals surface area contributed by atoms with Gasteiger partial charge in [-0.2, -0.15) is 11.8 Å². The van der Waals surface area contributed by atoms with Gasteiger partial charge in [-0.25, -0.2) is 0 Å². The third-order valence-corrected chi connectivity index (χ3v) is 4.83. The molecule has 2 rings (SSSR count). The van der Waals surface area contributed by atoms with Crippen molar-refractivity contribution in [1.29, 1.82) is 0 Å². The summed E-state index contributed by atoms with van der Waals surface area (Å²) in [4.78, 5) is 2.53. The number of thioether (sulfide) groups is 1. The second-order valence-corrected chi connectivity index (χ2v) is 6.46. The zero-order valence-electron chi connectivity index (χ0n) is 13.2. The lowest BCUT2D eigenvalue weighted by Gasteiger charge is -2.27. The fourth-order valence-electron chi connectivity index (χ4n) is 2.55. The van der Waals surface area contributed by atoms with E-state index in [0.29, 0.717) is 0 Å². The third kappa shape index (κ3) is 4.80. The average Bonchev–Trinajstić information content (AvgIpc) is 2.55. The molecule has 1 aromatic carbocycles. The highest BCUT2D eigenvalue weighted by atomic mass is 32.2. The molecule has 1 aliphatic heterocycles. The zero-order valence-corrected chi connectivity index (χ0v) is 14.0. The summed E-state index contributed by atoms with van der Waals surface area (Å²) in [5.41, 5.74) is 1.14. The molecule has 118 valence electrons. The molecule has 1 unspecified atom stereocenters. The predicted octanol–water partition coefficient (Wildman–Crippen LogP) is 2.40. The Morgan fingerprint density at radius 2 is 2.00 bits per heavy atom. The molecule has 4 nitrogen and oxygen atoms in total. The van der Waals surface area contributed by atoms with Crippen LogP contribution in [0.3, 0.4) is 0 Å². The Balaban J connectivity index is 1.88.